The lowest BCUT2D eigenvalue weighted by Crippen LogP contribution is -2.28. The zero-order valence-corrected chi connectivity index (χ0v) is 10.4. The van der Waals surface area contributed by atoms with Crippen molar-refractivity contribution in [3.05, 3.63) is 16.7 Å². The molecule has 2 rings (SSSR count). The van der Waals surface area contributed by atoms with Gasteiger partial charge in [-0.25, -0.2) is 4.98 Å². The van der Waals surface area contributed by atoms with Crippen LogP contribution in [0.5, 0.6) is 0 Å². The summed E-state index contributed by atoms with van der Waals surface area (Å²) in [6, 6.07) is 0. The molecule has 0 bridgehead atoms. The molecule has 1 aliphatic rings. The quantitative estimate of drug-likeness (QED) is 0.815. The number of hydrogen-bond donors (Lipinski definition) is 1. The van der Waals surface area contributed by atoms with Crippen LogP contribution in [-0.2, 0) is 28.9 Å². The van der Waals surface area contributed by atoms with Crippen LogP contribution in [0.15, 0.2) is 0 Å². The lowest BCUT2D eigenvalue weighted by atomic mass is 9.98. The van der Waals surface area contributed by atoms with Gasteiger partial charge in [0.2, 0.25) is 0 Å². The third-order valence-corrected chi connectivity index (χ3v) is 3.41. The molecule has 1 aromatic heterocycles. The molecular weight excluding hydrogens is 244 g/mol. The zero-order valence-electron chi connectivity index (χ0n) is 9.65. The molecule has 0 fully saturated rings. The maximum atomic E-state index is 11.5. The fourth-order valence-corrected chi connectivity index (χ4v) is 2.53. The van der Waals surface area contributed by atoms with Crippen molar-refractivity contribution in [2.75, 3.05) is 13.7 Å². The van der Waals surface area contributed by atoms with Gasteiger partial charge < -0.3 is 14.4 Å². The normalized spacial score (nSPS) is 18.9. The molecule has 17 heavy (non-hydrogen) atoms. The monoisotopic (exact) mass is 258 g/mol. The Labute approximate surface area is 104 Å². The minimum absolute atomic E-state index is 0.0235. The van der Waals surface area contributed by atoms with Crippen molar-refractivity contribution < 1.29 is 14.6 Å². The van der Waals surface area contributed by atoms with E-state index in [-0.39, 0.29) is 18.5 Å². The molecule has 1 atom stereocenters. The summed E-state index contributed by atoms with van der Waals surface area (Å²) in [4.78, 5) is 15.7. The Morgan fingerprint density at radius 2 is 2.47 bits per heavy atom. The number of rotatable bonds is 3. The van der Waals surface area contributed by atoms with Crippen LogP contribution in [0.25, 0.3) is 0 Å². The van der Waals surface area contributed by atoms with Crippen LogP contribution in [0.1, 0.15) is 17.9 Å². The van der Waals surface area contributed by atoms with E-state index in [9.17, 15) is 4.79 Å². The molecule has 0 amide bonds. The van der Waals surface area contributed by atoms with E-state index in [0.29, 0.717) is 18.1 Å². The van der Waals surface area contributed by atoms with E-state index >= 15 is 0 Å². The summed E-state index contributed by atoms with van der Waals surface area (Å²) in [5.41, 5.74) is 0.954. The fourth-order valence-electron chi connectivity index (χ4n) is 2.23. The molecule has 1 aliphatic heterocycles. The van der Waals surface area contributed by atoms with Gasteiger partial charge in [-0.2, -0.15) is 0 Å². The Balaban J connectivity index is 2.25. The number of nitrogens with zero attached hydrogens (tertiary/aromatic N) is 2. The molecule has 0 aromatic carbocycles. The molecule has 94 valence electrons. The largest absolute Gasteiger partial charge is 0.469 e. The number of aromatic nitrogens is 2. The predicted octanol–water partition coefficient (Wildman–Crippen LogP) is 0.807. The number of aliphatic hydroxyl groups excluding tert-OH is 1. The Kier molecular flexibility index (Phi) is 3.69. The number of carbonyl (C=O) groups is 1. The third-order valence-electron chi connectivity index (χ3n) is 3.11. The second kappa shape index (κ2) is 5.06. The summed E-state index contributed by atoms with van der Waals surface area (Å²) < 4.78 is 6.69. The first-order chi connectivity index (χ1) is 8.17. The molecular formula is C11H15ClN2O3. The van der Waals surface area contributed by atoms with Crippen LogP contribution in [-0.4, -0.2) is 34.3 Å². The number of imidazole rings is 1. The van der Waals surface area contributed by atoms with Crippen LogP contribution >= 0.6 is 11.6 Å². The number of hydrogen-bond acceptors (Lipinski definition) is 4. The molecule has 1 N–H and O–H groups in total. The first-order valence-electron chi connectivity index (χ1n) is 5.59. The van der Waals surface area contributed by atoms with Gasteiger partial charge in [-0.3, -0.25) is 4.79 Å². The topological polar surface area (TPSA) is 64.3 Å². The molecule has 0 spiro atoms. The van der Waals surface area contributed by atoms with Gasteiger partial charge >= 0.3 is 5.97 Å². The maximum Gasteiger partial charge on any atom is 0.310 e. The van der Waals surface area contributed by atoms with Crippen molar-refractivity contribution in [1.29, 1.82) is 0 Å². The van der Waals surface area contributed by atoms with Crippen molar-refractivity contribution in [1.82, 2.24) is 9.55 Å². The molecule has 1 unspecified atom stereocenters. The Morgan fingerprint density at radius 3 is 3.12 bits per heavy atom. The van der Waals surface area contributed by atoms with E-state index in [2.05, 4.69) is 4.98 Å². The highest BCUT2D eigenvalue weighted by molar-refractivity contribution is 6.30. The molecule has 0 saturated carbocycles. The summed E-state index contributed by atoms with van der Waals surface area (Å²) in [6.07, 6.45) is 1.90. The summed E-state index contributed by atoms with van der Waals surface area (Å²) in [6.45, 7) is 0.562. The molecule has 6 heteroatoms. The molecule has 2 heterocycles. The summed E-state index contributed by atoms with van der Waals surface area (Å²) in [5.74, 6) is 0.395. The van der Waals surface area contributed by atoms with Crippen molar-refractivity contribution in [2.45, 2.75) is 25.8 Å². The SMILES string of the molecule is COC(=O)C1CCc2c(Cl)nc(CCO)n2C1. The van der Waals surface area contributed by atoms with Crippen LogP contribution < -0.4 is 0 Å². The Bertz CT molecular complexity index is 431. The van der Waals surface area contributed by atoms with E-state index < -0.39 is 0 Å². The van der Waals surface area contributed by atoms with Crippen molar-refractivity contribution in [3.63, 3.8) is 0 Å². The number of esters is 1. The lowest BCUT2D eigenvalue weighted by Gasteiger charge is -2.23. The van der Waals surface area contributed by atoms with Gasteiger partial charge in [0, 0.05) is 13.0 Å². The van der Waals surface area contributed by atoms with Crippen LogP contribution in [0.2, 0.25) is 5.15 Å². The number of halogens is 1. The van der Waals surface area contributed by atoms with Crippen LogP contribution in [0.4, 0.5) is 0 Å². The predicted molar refractivity (Wildman–Crippen MR) is 61.9 cm³/mol. The lowest BCUT2D eigenvalue weighted by molar-refractivity contribution is -0.146. The fraction of sp³-hybridized carbons (Fsp3) is 0.636. The molecule has 5 nitrogen and oxygen atoms in total. The standard InChI is InChI=1S/C11H15ClN2O3/c1-17-11(16)7-2-3-8-10(12)13-9(4-5-15)14(8)6-7/h7,15H,2-6H2,1H3. The van der Waals surface area contributed by atoms with Crippen molar-refractivity contribution in [2.24, 2.45) is 5.92 Å². The van der Waals surface area contributed by atoms with Gasteiger partial charge in [0.25, 0.3) is 0 Å². The smallest absolute Gasteiger partial charge is 0.310 e. The molecule has 0 saturated heterocycles. The molecule has 0 radical (unpaired) electrons. The summed E-state index contributed by atoms with van der Waals surface area (Å²) in [5, 5.41) is 9.45. The van der Waals surface area contributed by atoms with Gasteiger partial charge in [0.1, 0.15) is 5.82 Å². The zero-order chi connectivity index (χ0) is 12.4. The summed E-state index contributed by atoms with van der Waals surface area (Å²) >= 11 is 6.03. The Hall–Kier alpha value is -1.07. The maximum absolute atomic E-state index is 11.5. The van der Waals surface area contributed by atoms with E-state index in [1.807, 2.05) is 4.57 Å². The van der Waals surface area contributed by atoms with E-state index in [0.717, 1.165) is 24.4 Å². The van der Waals surface area contributed by atoms with Gasteiger partial charge in [-0.1, -0.05) is 11.6 Å². The second-order valence-corrected chi connectivity index (χ2v) is 4.47. The number of methoxy groups -OCH3 is 1. The number of carbonyl (C=O) groups excluding carboxylic acids is 1. The first kappa shape index (κ1) is 12.4. The minimum atomic E-state index is -0.199. The number of ether oxygens (including phenoxy) is 1. The van der Waals surface area contributed by atoms with Gasteiger partial charge in [0.15, 0.2) is 5.15 Å². The van der Waals surface area contributed by atoms with E-state index in [1.165, 1.54) is 7.11 Å². The highest BCUT2D eigenvalue weighted by Crippen LogP contribution is 2.28. The first-order valence-corrected chi connectivity index (χ1v) is 5.97. The molecule has 0 aliphatic carbocycles. The Morgan fingerprint density at radius 1 is 1.71 bits per heavy atom. The van der Waals surface area contributed by atoms with Gasteiger partial charge in [-0.15, -0.1) is 0 Å². The minimum Gasteiger partial charge on any atom is -0.469 e. The van der Waals surface area contributed by atoms with E-state index in [4.69, 9.17) is 21.4 Å². The van der Waals surface area contributed by atoms with Gasteiger partial charge in [-0.05, 0) is 12.8 Å². The van der Waals surface area contributed by atoms with Gasteiger partial charge in [0.05, 0.1) is 25.3 Å². The number of aliphatic hydroxyl groups is 1. The number of fused-ring (bicyclic) bond motifs is 1. The third kappa shape index (κ3) is 2.30. The van der Waals surface area contributed by atoms with Crippen molar-refractivity contribution >= 4 is 17.6 Å². The van der Waals surface area contributed by atoms with E-state index in [1.54, 1.807) is 0 Å². The highest BCUT2D eigenvalue weighted by atomic mass is 35.5. The summed E-state index contributed by atoms with van der Waals surface area (Å²) in [7, 11) is 1.40. The second-order valence-electron chi connectivity index (χ2n) is 4.11. The van der Waals surface area contributed by atoms with Crippen LogP contribution in [0.3, 0.4) is 0 Å². The molecule has 1 aromatic rings. The highest BCUT2D eigenvalue weighted by Gasteiger charge is 2.29. The van der Waals surface area contributed by atoms with Crippen LogP contribution in [0, 0.1) is 5.92 Å². The average molecular weight is 259 g/mol. The average Bonchev–Trinajstić information content (AvgIpc) is 2.65. The van der Waals surface area contributed by atoms with Crippen molar-refractivity contribution in [3.8, 4) is 0 Å².